The van der Waals surface area contributed by atoms with Crippen LogP contribution in [-0.4, -0.2) is 41.0 Å². The predicted octanol–water partition coefficient (Wildman–Crippen LogP) is 2.20. The number of piperidine rings is 1. The van der Waals surface area contributed by atoms with E-state index in [0.717, 1.165) is 25.1 Å². The van der Waals surface area contributed by atoms with Crippen LogP contribution in [0.4, 0.5) is 5.69 Å². The summed E-state index contributed by atoms with van der Waals surface area (Å²) in [4.78, 5) is 25.5. The number of rotatable bonds is 5. The fourth-order valence-corrected chi connectivity index (χ4v) is 2.86. The summed E-state index contributed by atoms with van der Waals surface area (Å²) in [6.07, 6.45) is 2.23. The number of benzene rings is 1. The highest BCUT2D eigenvalue weighted by Crippen LogP contribution is 2.21. The zero-order chi connectivity index (χ0) is 15.2. The molecule has 1 amide bonds. The van der Waals surface area contributed by atoms with Crippen molar-refractivity contribution in [2.24, 2.45) is 5.92 Å². The van der Waals surface area contributed by atoms with E-state index < -0.39 is 12.0 Å². The summed E-state index contributed by atoms with van der Waals surface area (Å²) >= 11 is 0. The van der Waals surface area contributed by atoms with Gasteiger partial charge in [0.2, 0.25) is 5.91 Å². The Morgan fingerprint density at radius 3 is 2.71 bits per heavy atom. The van der Waals surface area contributed by atoms with E-state index >= 15 is 0 Å². The van der Waals surface area contributed by atoms with Crippen LogP contribution in [0, 0.1) is 5.92 Å². The molecule has 1 aromatic rings. The first-order valence-corrected chi connectivity index (χ1v) is 7.44. The Balaban J connectivity index is 1.97. The van der Waals surface area contributed by atoms with Gasteiger partial charge in [0.1, 0.15) is 6.04 Å². The number of amides is 1. The number of aliphatic carboxylic acids is 1. The topological polar surface area (TPSA) is 69.6 Å². The van der Waals surface area contributed by atoms with Gasteiger partial charge in [-0.25, -0.2) is 0 Å². The van der Waals surface area contributed by atoms with Gasteiger partial charge in [-0.05, 0) is 37.9 Å². The normalized spacial score (nSPS) is 20.7. The van der Waals surface area contributed by atoms with Crippen molar-refractivity contribution in [1.29, 1.82) is 0 Å². The number of carboxylic acids is 1. The van der Waals surface area contributed by atoms with Gasteiger partial charge < -0.3 is 10.4 Å². The Bertz CT molecular complexity index is 490. The lowest BCUT2D eigenvalue weighted by atomic mass is 9.95. The van der Waals surface area contributed by atoms with Gasteiger partial charge in [-0.3, -0.25) is 14.5 Å². The van der Waals surface area contributed by atoms with Crippen molar-refractivity contribution in [3.8, 4) is 0 Å². The second-order valence-electron chi connectivity index (χ2n) is 5.45. The van der Waals surface area contributed by atoms with Crippen LogP contribution < -0.4 is 5.32 Å². The zero-order valence-corrected chi connectivity index (χ0v) is 12.3. The van der Waals surface area contributed by atoms with E-state index in [1.54, 1.807) is 0 Å². The first-order chi connectivity index (χ1) is 10.1. The van der Waals surface area contributed by atoms with Crippen molar-refractivity contribution in [3.63, 3.8) is 0 Å². The highest BCUT2D eigenvalue weighted by atomic mass is 16.4. The quantitative estimate of drug-likeness (QED) is 0.872. The zero-order valence-electron chi connectivity index (χ0n) is 12.3. The van der Waals surface area contributed by atoms with Crippen LogP contribution in [-0.2, 0) is 9.59 Å². The van der Waals surface area contributed by atoms with Gasteiger partial charge in [0, 0.05) is 12.2 Å². The molecule has 1 aliphatic heterocycles. The number of hydrogen-bond acceptors (Lipinski definition) is 3. The summed E-state index contributed by atoms with van der Waals surface area (Å²) in [6.45, 7) is 3.13. The second-order valence-corrected chi connectivity index (χ2v) is 5.45. The van der Waals surface area contributed by atoms with Crippen molar-refractivity contribution in [2.75, 3.05) is 18.4 Å². The minimum absolute atomic E-state index is 0.0221. The van der Waals surface area contributed by atoms with Crippen LogP contribution >= 0.6 is 0 Å². The van der Waals surface area contributed by atoms with Gasteiger partial charge in [-0.2, -0.15) is 0 Å². The maximum atomic E-state index is 12.3. The molecule has 1 aromatic carbocycles. The Hall–Kier alpha value is -1.88. The molecule has 0 spiro atoms. The number of para-hydroxylation sites is 1. The molecule has 0 radical (unpaired) electrons. The average molecular weight is 290 g/mol. The molecule has 0 unspecified atom stereocenters. The molecular formula is C16H22N2O3. The number of anilines is 1. The number of hydrogen-bond donors (Lipinski definition) is 2. The summed E-state index contributed by atoms with van der Waals surface area (Å²) in [6, 6.07) is 8.87. The lowest BCUT2D eigenvalue weighted by Crippen LogP contribution is -2.48. The molecule has 0 saturated carbocycles. The number of nitrogens with one attached hydrogen (secondary N) is 1. The van der Waals surface area contributed by atoms with Crippen molar-refractivity contribution in [2.45, 2.75) is 32.2 Å². The fourth-order valence-electron chi connectivity index (χ4n) is 2.86. The van der Waals surface area contributed by atoms with E-state index in [-0.39, 0.29) is 11.8 Å². The Labute approximate surface area is 125 Å². The van der Waals surface area contributed by atoms with Crippen LogP contribution in [0.3, 0.4) is 0 Å². The van der Waals surface area contributed by atoms with Crippen LogP contribution in [0.25, 0.3) is 0 Å². The number of nitrogens with zero attached hydrogens (tertiary/aromatic N) is 1. The van der Waals surface area contributed by atoms with Crippen molar-refractivity contribution < 1.29 is 14.7 Å². The first-order valence-electron chi connectivity index (χ1n) is 7.44. The third-order valence-corrected chi connectivity index (χ3v) is 3.98. The molecule has 0 bridgehead atoms. The summed E-state index contributed by atoms with van der Waals surface area (Å²) in [5, 5.41) is 12.1. The molecule has 0 aromatic heterocycles. The van der Waals surface area contributed by atoms with Crippen LogP contribution in [0.2, 0.25) is 0 Å². The highest BCUT2D eigenvalue weighted by molar-refractivity contribution is 5.92. The average Bonchev–Trinajstić information content (AvgIpc) is 2.49. The van der Waals surface area contributed by atoms with Gasteiger partial charge in [-0.1, -0.05) is 25.1 Å². The first kappa shape index (κ1) is 15.5. The largest absolute Gasteiger partial charge is 0.480 e. The van der Waals surface area contributed by atoms with Crippen molar-refractivity contribution in [1.82, 2.24) is 4.90 Å². The monoisotopic (exact) mass is 290 g/mol. The molecule has 21 heavy (non-hydrogen) atoms. The molecule has 5 nitrogen and oxygen atoms in total. The minimum Gasteiger partial charge on any atom is -0.480 e. The number of carboxylic acid groups (broad SMARTS) is 1. The number of carbonyl (C=O) groups is 2. The van der Waals surface area contributed by atoms with E-state index in [4.69, 9.17) is 0 Å². The lowest BCUT2D eigenvalue weighted by molar-refractivity contribution is -0.145. The van der Waals surface area contributed by atoms with Crippen LogP contribution in [0.5, 0.6) is 0 Å². The molecule has 1 fully saturated rings. The third kappa shape index (κ3) is 4.04. The third-order valence-electron chi connectivity index (χ3n) is 3.98. The highest BCUT2D eigenvalue weighted by Gasteiger charge is 2.32. The van der Waals surface area contributed by atoms with E-state index in [1.165, 1.54) is 0 Å². The molecule has 2 rings (SSSR count). The van der Waals surface area contributed by atoms with Crippen LogP contribution in [0.15, 0.2) is 30.3 Å². The predicted molar refractivity (Wildman–Crippen MR) is 81.1 cm³/mol. The minimum atomic E-state index is -0.804. The van der Waals surface area contributed by atoms with E-state index in [1.807, 2.05) is 42.2 Å². The fraction of sp³-hybridized carbons (Fsp3) is 0.500. The number of carbonyl (C=O) groups excluding carboxylic acids is 1. The maximum absolute atomic E-state index is 12.3. The standard InChI is InChI=1S/C16H22N2O3/c1-2-14(16(20)21)18-10-6-7-12(11-18)15(19)17-13-8-4-3-5-9-13/h3-5,8-9,12,14H,2,6-7,10-11H2,1H3,(H,17,19)(H,20,21)/t12-,14+/m1/s1. The second kappa shape index (κ2) is 7.22. The molecule has 2 atom stereocenters. The lowest BCUT2D eigenvalue weighted by Gasteiger charge is -2.35. The molecule has 2 N–H and O–H groups in total. The van der Waals surface area contributed by atoms with Crippen molar-refractivity contribution >= 4 is 17.6 Å². The summed E-state index contributed by atoms with van der Waals surface area (Å²) < 4.78 is 0. The SMILES string of the molecule is CC[C@@H](C(=O)O)N1CCC[C@@H](C(=O)Nc2ccccc2)C1. The summed E-state index contributed by atoms with van der Waals surface area (Å²) in [7, 11) is 0. The molecule has 1 aliphatic rings. The van der Waals surface area contributed by atoms with Gasteiger partial charge in [0.15, 0.2) is 0 Å². The summed E-state index contributed by atoms with van der Waals surface area (Å²) in [5.74, 6) is -0.972. The van der Waals surface area contributed by atoms with Gasteiger partial charge in [-0.15, -0.1) is 0 Å². The molecular weight excluding hydrogens is 268 g/mol. The molecule has 0 aliphatic carbocycles. The van der Waals surface area contributed by atoms with E-state index in [2.05, 4.69) is 5.32 Å². The molecule has 1 heterocycles. The smallest absolute Gasteiger partial charge is 0.320 e. The van der Waals surface area contributed by atoms with Gasteiger partial charge in [0.05, 0.1) is 5.92 Å². The molecule has 5 heteroatoms. The Morgan fingerprint density at radius 1 is 1.38 bits per heavy atom. The summed E-state index contributed by atoms with van der Waals surface area (Å²) in [5.41, 5.74) is 0.782. The molecule has 114 valence electrons. The Morgan fingerprint density at radius 2 is 2.10 bits per heavy atom. The van der Waals surface area contributed by atoms with Crippen molar-refractivity contribution in [3.05, 3.63) is 30.3 Å². The van der Waals surface area contributed by atoms with Gasteiger partial charge in [0.25, 0.3) is 0 Å². The Kier molecular flexibility index (Phi) is 5.33. The maximum Gasteiger partial charge on any atom is 0.320 e. The van der Waals surface area contributed by atoms with Gasteiger partial charge >= 0.3 is 5.97 Å². The molecule has 1 saturated heterocycles. The van der Waals surface area contributed by atoms with E-state index in [9.17, 15) is 14.7 Å². The number of likely N-dealkylation sites (tertiary alicyclic amines) is 1. The van der Waals surface area contributed by atoms with E-state index in [0.29, 0.717) is 13.0 Å². The van der Waals surface area contributed by atoms with Crippen LogP contribution in [0.1, 0.15) is 26.2 Å².